The van der Waals surface area contributed by atoms with Crippen molar-refractivity contribution in [2.75, 3.05) is 6.54 Å². The smallest absolute Gasteiger partial charge is 0.128 e. The van der Waals surface area contributed by atoms with Gasteiger partial charge in [0, 0.05) is 42.2 Å². The molecule has 0 atom stereocenters. The van der Waals surface area contributed by atoms with Gasteiger partial charge in [-0.25, -0.2) is 4.39 Å². The lowest BCUT2D eigenvalue weighted by Gasteiger charge is -2.16. The van der Waals surface area contributed by atoms with E-state index in [9.17, 15) is 4.39 Å². The molecular formula is C16H18FN3. The molecule has 1 N–H and O–H groups in total. The Hall–Kier alpha value is -1.68. The molecule has 1 aliphatic carbocycles. The van der Waals surface area contributed by atoms with Gasteiger partial charge in [0.1, 0.15) is 5.82 Å². The molecule has 0 amide bonds. The molecule has 2 heterocycles. The summed E-state index contributed by atoms with van der Waals surface area (Å²) < 4.78 is 15.9. The van der Waals surface area contributed by atoms with Crippen LogP contribution in [0.25, 0.3) is 0 Å². The Morgan fingerprint density at radius 3 is 2.95 bits per heavy atom. The van der Waals surface area contributed by atoms with Gasteiger partial charge in [-0.05, 0) is 18.9 Å². The molecule has 20 heavy (non-hydrogen) atoms. The fourth-order valence-corrected chi connectivity index (χ4v) is 3.05. The van der Waals surface area contributed by atoms with E-state index in [4.69, 9.17) is 5.10 Å². The first-order chi connectivity index (χ1) is 9.83. The van der Waals surface area contributed by atoms with Gasteiger partial charge >= 0.3 is 0 Å². The molecule has 0 radical (unpaired) electrons. The molecule has 0 unspecified atom stereocenters. The van der Waals surface area contributed by atoms with Gasteiger partial charge in [0.25, 0.3) is 0 Å². The van der Waals surface area contributed by atoms with Crippen LogP contribution in [0.1, 0.15) is 41.3 Å². The zero-order valence-corrected chi connectivity index (χ0v) is 11.4. The molecule has 2 aromatic rings. The maximum absolute atomic E-state index is 13.8. The van der Waals surface area contributed by atoms with E-state index in [-0.39, 0.29) is 5.82 Å². The summed E-state index contributed by atoms with van der Waals surface area (Å²) in [5.74, 6) is 0.504. The average Bonchev–Trinajstić information content (AvgIpc) is 3.25. The normalized spacial score (nSPS) is 18.1. The monoisotopic (exact) mass is 271 g/mol. The van der Waals surface area contributed by atoms with Crippen LogP contribution in [0.15, 0.2) is 24.3 Å². The van der Waals surface area contributed by atoms with Crippen LogP contribution >= 0.6 is 0 Å². The summed E-state index contributed by atoms with van der Waals surface area (Å²) in [5, 5.41) is 8.23. The Morgan fingerprint density at radius 1 is 1.30 bits per heavy atom. The largest absolute Gasteiger partial charge is 0.312 e. The van der Waals surface area contributed by atoms with Gasteiger partial charge in [0.2, 0.25) is 0 Å². The highest BCUT2D eigenvalue weighted by Crippen LogP contribution is 2.42. The predicted molar refractivity (Wildman–Crippen MR) is 75.1 cm³/mol. The second-order valence-corrected chi connectivity index (χ2v) is 5.76. The summed E-state index contributed by atoms with van der Waals surface area (Å²) in [7, 11) is 0. The molecule has 1 fully saturated rings. The van der Waals surface area contributed by atoms with Crippen molar-refractivity contribution in [3.63, 3.8) is 0 Å². The first-order valence-electron chi connectivity index (χ1n) is 7.35. The van der Waals surface area contributed by atoms with Gasteiger partial charge in [-0.2, -0.15) is 5.10 Å². The van der Waals surface area contributed by atoms with Crippen LogP contribution in [0.3, 0.4) is 0 Å². The zero-order chi connectivity index (χ0) is 13.5. The van der Waals surface area contributed by atoms with Gasteiger partial charge in [0.05, 0.1) is 12.2 Å². The zero-order valence-electron chi connectivity index (χ0n) is 11.4. The highest BCUT2D eigenvalue weighted by molar-refractivity contribution is 5.34. The fourth-order valence-electron chi connectivity index (χ4n) is 3.05. The molecule has 0 spiro atoms. The van der Waals surface area contributed by atoms with E-state index in [1.165, 1.54) is 35.9 Å². The van der Waals surface area contributed by atoms with Gasteiger partial charge < -0.3 is 5.32 Å². The topological polar surface area (TPSA) is 29.9 Å². The first kappa shape index (κ1) is 12.1. The second kappa shape index (κ2) is 4.70. The number of aromatic nitrogens is 2. The van der Waals surface area contributed by atoms with Crippen molar-refractivity contribution in [2.45, 2.75) is 38.3 Å². The van der Waals surface area contributed by atoms with E-state index in [1.807, 2.05) is 16.8 Å². The van der Waals surface area contributed by atoms with E-state index >= 15 is 0 Å². The Labute approximate surface area is 117 Å². The van der Waals surface area contributed by atoms with Crippen molar-refractivity contribution in [1.82, 2.24) is 15.1 Å². The summed E-state index contributed by atoms with van der Waals surface area (Å²) >= 11 is 0. The number of nitrogens with zero attached hydrogens (tertiary/aromatic N) is 2. The van der Waals surface area contributed by atoms with Crippen molar-refractivity contribution in [2.24, 2.45) is 0 Å². The minimum Gasteiger partial charge on any atom is -0.312 e. The Kier molecular flexibility index (Phi) is 2.84. The summed E-state index contributed by atoms with van der Waals surface area (Å²) in [4.78, 5) is 0. The molecule has 3 nitrogen and oxygen atoms in total. The van der Waals surface area contributed by atoms with E-state index in [0.717, 1.165) is 25.1 Å². The number of rotatable bonds is 3. The fraction of sp³-hybridized carbons (Fsp3) is 0.438. The summed E-state index contributed by atoms with van der Waals surface area (Å²) in [6.07, 6.45) is 3.50. The van der Waals surface area contributed by atoms with Crippen molar-refractivity contribution >= 4 is 0 Å². The molecule has 4 rings (SSSR count). The van der Waals surface area contributed by atoms with Crippen molar-refractivity contribution in [3.05, 3.63) is 52.6 Å². The van der Waals surface area contributed by atoms with Crippen molar-refractivity contribution in [1.29, 1.82) is 0 Å². The van der Waals surface area contributed by atoms with Crippen LogP contribution in [-0.2, 0) is 19.5 Å². The minimum absolute atomic E-state index is 0.140. The van der Waals surface area contributed by atoms with Gasteiger partial charge in [-0.1, -0.05) is 18.2 Å². The Morgan fingerprint density at radius 2 is 2.15 bits per heavy atom. The molecule has 1 saturated carbocycles. The van der Waals surface area contributed by atoms with Crippen LogP contribution in [0.4, 0.5) is 4.39 Å². The lowest BCUT2D eigenvalue weighted by Crippen LogP contribution is -2.25. The summed E-state index contributed by atoms with van der Waals surface area (Å²) in [5.41, 5.74) is 4.64. The third-order valence-electron chi connectivity index (χ3n) is 4.28. The number of fused-ring (bicyclic) bond motifs is 1. The van der Waals surface area contributed by atoms with E-state index in [2.05, 4.69) is 5.32 Å². The standard InChI is InChI=1S/C16H18FN3/c17-14-4-2-1-3-12(14)10-20-15-7-8-18-9-13(15)16(19-20)11-5-6-11/h1-4,11,18H,5-10H2. The van der Waals surface area contributed by atoms with Crippen molar-refractivity contribution in [3.8, 4) is 0 Å². The van der Waals surface area contributed by atoms with Gasteiger partial charge in [-0.15, -0.1) is 0 Å². The molecule has 2 aliphatic rings. The molecular weight excluding hydrogens is 253 g/mol. The molecule has 0 saturated heterocycles. The van der Waals surface area contributed by atoms with Crippen LogP contribution in [0, 0.1) is 5.82 Å². The second-order valence-electron chi connectivity index (χ2n) is 5.76. The SMILES string of the molecule is Fc1ccccc1Cn1nc(C2CC2)c2c1CCNC2. The highest BCUT2D eigenvalue weighted by atomic mass is 19.1. The van der Waals surface area contributed by atoms with Crippen molar-refractivity contribution < 1.29 is 4.39 Å². The van der Waals surface area contributed by atoms with Crippen LogP contribution in [-0.4, -0.2) is 16.3 Å². The van der Waals surface area contributed by atoms with E-state index < -0.39 is 0 Å². The average molecular weight is 271 g/mol. The Bertz CT molecular complexity index is 643. The lowest BCUT2D eigenvalue weighted by molar-refractivity contribution is 0.556. The first-order valence-corrected chi connectivity index (χ1v) is 7.35. The highest BCUT2D eigenvalue weighted by Gasteiger charge is 2.32. The van der Waals surface area contributed by atoms with Gasteiger partial charge in [-0.3, -0.25) is 4.68 Å². The molecule has 1 aromatic carbocycles. The molecule has 0 bridgehead atoms. The summed E-state index contributed by atoms with van der Waals surface area (Å²) in [6.45, 7) is 2.44. The van der Waals surface area contributed by atoms with E-state index in [1.54, 1.807) is 6.07 Å². The number of halogens is 1. The lowest BCUT2D eigenvalue weighted by atomic mass is 10.0. The Balaban J connectivity index is 1.72. The molecule has 104 valence electrons. The predicted octanol–water partition coefficient (Wildman–Crippen LogP) is 2.59. The third-order valence-corrected chi connectivity index (χ3v) is 4.28. The number of nitrogens with one attached hydrogen (secondary N) is 1. The molecule has 1 aromatic heterocycles. The third kappa shape index (κ3) is 2.04. The van der Waals surface area contributed by atoms with Gasteiger partial charge in [0.15, 0.2) is 0 Å². The molecule has 4 heteroatoms. The van der Waals surface area contributed by atoms with Crippen LogP contribution in [0.2, 0.25) is 0 Å². The van der Waals surface area contributed by atoms with Crippen LogP contribution < -0.4 is 5.32 Å². The minimum atomic E-state index is -0.140. The number of hydrogen-bond donors (Lipinski definition) is 1. The summed E-state index contributed by atoms with van der Waals surface area (Å²) in [6, 6.07) is 6.99. The number of hydrogen-bond acceptors (Lipinski definition) is 2. The maximum atomic E-state index is 13.8. The molecule has 1 aliphatic heterocycles. The van der Waals surface area contributed by atoms with Crippen LogP contribution in [0.5, 0.6) is 0 Å². The quantitative estimate of drug-likeness (QED) is 0.930. The maximum Gasteiger partial charge on any atom is 0.128 e. The number of benzene rings is 1. The van der Waals surface area contributed by atoms with E-state index in [0.29, 0.717) is 12.5 Å².